The summed E-state index contributed by atoms with van der Waals surface area (Å²) >= 11 is 0.785. The van der Waals surface area contributed by atoms with Crippen LogP contribution in [-0.2, 0) is 6.18 Å². The summed E-state index contributed by atoms with van der Waals surface area (Å²) in [5.74, 6) is 0. The molecule has 15 heavy (non-hydrogen) atoms. The maximum absolute atomic E-state index is 12.6. The molecular weight excluding hydrogens is 223 g/mol. The molecule has 0 amide bonds. The third kappa shape index (κ3) is 2.34. The lowest BCUT2D eigenvalue weighted by Gasteiger charge is -2.24. The van der Waals surface area contributed by atoms with Gasteiger partial charge in [-0.25, -0.2) is 0 Å². The van der Waals surface area contributed by atoms with Crippen LogP contribution in [0.25, 0.3) is 0 Å². The second-order valence-electron chi connectivity index (χ2n) is 3.71. The Morgan fingerprint density at radius 1 is 1.33 bits per heavy atom. The quantitative estimate of drug-likeness (QED) is 0.784. The summed E-state index contributed by atoms with van der Waals surface area (Å²) < 4.78 is 37.9. The third-order valence-electron chi connectivity index (χ3n) is 2.64. The van der Waals surface area contributed by atoms with Crippen LogP contribution in [0.1, 0.15) is 35.7 Å². The van der Waals surface area contributed by atoms with E-state index in [0.717, 1.165) is 37.1 Å². The molecule has 1 aromatic heterocycles. The van der Waals surface area contributed by atoms with E-state index in [4.69, 9.17) is 0 Å². The number of piperidine rings is 1. The second kappa shape index (κ2) is 4.14. The zero-order chi connectivity index (χ0) is 10.9. The van der Waals surface area contributed by atoms with Crippen LogP contribution in [0.2, 0.25) is 0 Å². The number of hydrogen-bond donors (Lipinski definition) is 1. The fraction of sp³-hybridized carbons (Fsp3) is 0.600. The van der Waals surface area contributed by atoms with Gasteiger partial charge in [0.05, 0.1) is 0 Å². The van der Waals surface area contributed by atoms with E-state index in [2.05, 4.69) is 5.32 Å². The highest BCUT2D eigenvalue weighted by atomic mass is 32.1. The monoisotopic (exact) mass is 235 g/mol. The summed E-state index contributed by atoms with van der Waals surface area (Å²) in [7, 11) is 0. The Labute approximate surface area is 90.3 Å². The molecule has 1 saturated heterocycles. The summed E-state index contributed by atoms with van der Waals surface area (Å²) in [6.07, 6.45) is -1.34. The molecular formula is C10H12F3NS. The molecule has 5 heteroatoms. The highest BCUT2D eigenvalue weighted by Gasteiger charge is 2.36. The minimum atomic E-state index is -4.21. The first-order valence-corrected chi connectivity index (χ1v) is 5.85. The van der Waals surface area contributed by atoms with Gasteiger partial charge in [-0.2, -0.15) is 13.2 Å². The van der Waals surface area contributed by atoms with Crippen LogP contribution in [0.3, 0.4) is 0 Å². The van der Waals surface area contributed by atoms with Crippen molar-refractivity contribution < 1.29 is 13.2 Å². The normalized spacial score (nSPS) is 23.0. The fourth-order valence-corrected chi connectivity index (χ4v) is 2.77. The highest BCUT2D eigenvalue weighted by Crippen LogP contribution is 2.40. The molecule has 1 atom stereocenters. The van der Waals surface area contributed by atoms with Gasteiger partial charge >= 0.3 is 6.18 Å². The van der Waals surface area contributed by atoms with E-state index in [9.17, 15) is 13.2 Å². The molecule has 1 unspecified atom stereocenters. The summed E-state index contributed by atoms with van der Waals surface area (Å²) in [6, 6.07) is 1.48. The first kappa shape index (κ1) is 11.0. The van der Waals surface area contributed by atoms with Crippen LogP contribution in [0.15, 0.2) is 11.4 Å². The molecule has 1 aliphatic heterocycles. The molecule has 0 saturated carbocycles. The molecule has 0 spiro atoms. The van der Waals surface area contributed by atoms with Crippen molar-refractivity contribution in [3.8, 4) is 0 Å². The third-order valence-corrected chi connectivity index (χ3v) is 3.61. The average molecular weight is 235 g/mol. The second-order valence-corrected chi connectivity index (χ2v) is 4.62. The van der Waals surface area contributed by atoms with Crippen molar-refractivity contribution in [1.82, 2.24) is 5.32 Å². The van der Waals surface area contributed by atoms with E-state index in [1.807, 2.05) is 0 Å². The summed E-state index contributed by atoms with van der Waals surface area (Å²) in [5, 5.41) is 4.66. The van der Waals surface area contributed by atoms with Crippen molar-refractivity contribution in [2.24, 2.45) is 0 Å². The van der Waals surface area contributed by atoms with Crippen molar-refractivity contribution in [1.29, 1.82) is 0 Å². The SMILES string of the molecule is FC(F)(F)c1sccc1C1CCCCN1. The van der Waals surface area contributed by atoms with Crippen molar-refractivity contribution in [2.45, 2.75) is 31.5 Å². The van der Waals surface area contributed by atoms with Crippen molar-refractivity contribution in [2.75, 3.05) is 6.54 Å². The Kier molecular flexibility index (Phi) is 3.02. The van der Waals surface area contributed by atoms with Crippen LogP contribution in [0, 0.1) is 0 Å². The smallest absolute Gasteiger partial charge is 0.310 e. The molecule has 1 nitrogen and oxygen atoms in total. The van der Waals surface area contributed by atoms with E-state index < -0.39 is 11.1 Å². The maximum Gasteiger partial charge on any atom is 0.425 e. The number of alkyl halides is 3. The molecule has 84 valence electrons. The fourth-order valence-electron chi connectivity index (χ4n) is 1.94. The molecule has 0 aliphatic carbocycles. The van der Waals surface area contributed by atoms with Gasteiger partial charge in [-0.1, -0.05) is 6.42 Å². The van der Waals surface area contributed by atoms with Gasteiger partial charge in [0.2, 0.25) is 0 Å². The zero-order valence-electron chi connectivity index (χ0n) is 8.10. The van der Waals surface area contributed by atoms with Gasteiger partial charge in [0.1, 0.15) is 4.88 Å². The van der Waals surface area contributed by atoms with Crippen LogP contribution in [-0.4, -0.2) is 6.54 Å². The Morgan fingerprint density at radius 2 is 2.13 bits per heavy atom. The predicted molar refractivity (Wildman–Crippen MR) is 53.9 cm³/mol. The highest BCUT2D eigenvalue weighted by molar-refractivity contribution is 7.10. The molecule has 2 heterocycles. The molecule has 1 aromatic rings. The van der Waals surface area contributed by atoms with E-state index in [0.29, 0.717) is 5.56 Å². The summed E-state index contributed by atoms with van der Waals surface area (Å²) in [5.41, 5.74) is 0.423. The van der Waals surface area contributed by atoms with E-state index >= 15 is 0 Å². The maximum atomic E-state index is 12.6. The lowest BCUT2D eigenvalue weighted by atomic mass is 9.98. The molecule has 1 aliphatic rings. The van der Waals surface area contributed by atoms with Gasteiger partial charge in [-0.05, 0) is 36.4 Å². The van der Waals surface area contributed by atoms with Crippen LogP contribution in [0.5, 0.6) is 0 Å². The van der Waals surface area contributed by atoms with Gasteiger partial charge in [-0.15, -0.1) is 11.3 Å². The van der Waals surface area contributed by atoms with Crippen molar-refractivity contribution in [3.63, 3.8) is 0 Å². The van der Waals surface area contributed by atoms with Crippen LogP contribution in [0.4, 0.5) is 13.2 Å². The Morgan fingerprint density at radius 3 is 2.73 bits per heavy atom. The van der Waals surface area contributed by atoms with Crippen LogP contribution < -0.4 is 5.32 Å². The number of halogens is 3. The van der Waals surface area contributed by atoms with Gasteiger partial charge in [0.25, 0.3) is 0 Å². The average Bonchev–Trinajstić information content (AvgIpc) is 2.67. The molecule has 2 rings (SSSR count). The summed E-state index contributed by atoms with van der Waals surface area (Å²) in [6.45, 7) is 0.817. The number of thiophene rings is 1. The Hall–Kier alpha value is -0.550. The summed E-state index contributed by atoms with van der Waals surface area (Å²) in [4.78, 5) is -0.443. The van der Waals surface area contributed by atoms with E-state index in [1.165, 1.54) is 5.38 Å². The topological polar surface area (TPSA) is 12.0 Å². The van der Waals surface area contributed by atoms with Gasteiger partial charge in [-0.3, -0.25) is 0 Å². The van der Waals surface area contributed by atoms with E-state index in [1.54, 1.807) is 6.07 Å². The Bertz CT molecular complexity index is 326. The van der Waals surface area contributed by atoms with Gasteiger partial charge in [0, 0.05) is 6.04 Å². The van der Waals surface area contributed by atoms with Crippen molar-refractivity contribution >= 4 is 11.3 Å². The first-order chi connectivity index (χ1) is 7.09. The molecule has 1 N–H and O–H groups in total. The number of rotatable bonds is 1. The molecule has 1 fully saturated rings. The molecule has 0 radical (unpaired) electrons. The Balaban J connectivity index is 2.24. The lowest BCUT2D eigenvalue weighted by Crippen LogP contribution is -2.27. The van der Waals surface area contributed by atoms with Gasteiger partial charge < -0.3 is 5.32 Å². The van der Waals surface area contributed by atoms with Crippen LogP contribution >= 0.6 is 11.3 Å². The lowest BCUT2D eigenvalue weighted by molar-refractivity contribution is -0.135. The molecule has 0 aromatic carbocycles. The molecule has 0 bridgehead atoms. The minimum absolute atomic E-state index is 0.110. The largest absolute Gasteiger partial charge is 0.425 e. The zero-order valence-corrected chi connectivity index (χ0v) is 8.92. The number of hydrogen-bond acceptors (Lipinski definition) is 2. The van der Waals surface area contributed by atoms with E-state index in [-0.39, 0.29) is 6.04 Å². The van der Waals surface area contributed by atoms with Crippen molar-refractivity contribution in [3.05, 3.63) is 21.9 Å². The van der Waals surface area contributed by atoms with Gasteiger partial charge in [0.15, 0.2) is 0 Å². The number of nitrogens with one attached hydrogen (secondary N) is 1. The first-order valence-electron chi connectivity index (χ1n) is 4.97. The predicted octanol–water partition coefficient (Wildman–Crippen LogP) is 3.58. The standard InChI is InChI=1S/C10H12F3NS/c11-10(12,13)9-7(4-6-15-9)8-3-1-2-5-14-8/h4,6,8,14H,1-3,5H2. The minimum Gasteiger partial charge on any atom is -0.310 e.